The molecule has 1 heterocycles. The zero-order valence-electron chi connectivity index (χ0n) is 14.3. The van der Waals surface area contributed by atoms with E-state index >= 15 is 0 Å². The second kappa shape index (κ2) is 10.5. The molecule has 1 aromatic heterocycles. The van der Waals surface area contributed by atoms with Crippen molar-refractivity contribution in [2.45, 2.75) is 46.5 Å². The van der Waals surface area contributed by atoms with E-state index in [0.717, 1.165) is 0 Å². The highest BCUT2D eigenvalue weighted by molar-refractivity contribution is 8.68. The summed E-state index contributed by atoms with van der Waals surface area (Å²) in [4.78, 5) is 8.49. The Kier molecular flexibility index (Phi) is 9.39. The molecule has 0 radical (unpaired) electrons. The Labute approximate surface area is 147 Å². The average Bonchev–Trinajstić information content (AvgIpc) is 2.45. The molecule has 0 saturated carbocycles. The maximum Gasteiger partial charge on any atom is 0.320 e. The topological polar surface area (TPSA) is 62.7 Å². The number of hydrogen-bond donors (Lipinski definition) is 0. The van der Waals surface area contributed by atoms with E-state index in [1.54, 1.807) is 17.4 Å². The van der Waals surface area contributed by atoms with Crippen molar-refractivity contribution < 1.29 is 18.5 Å². The summed E-state index contributed by atoms with van der Waals surface area (Å²) < 4.78 is 22.4. The normalized spacial score (nSPS) is 13.8. The van der Waals surface area contributed by atoms with Crippen LogP contribution in [0.5, 0.6) is 11.9 Å². The van der Waals surface area contributed by atoms with Crippen LogP contribution < -0.4 is 9.47 Å². The van der Waals surface area contributed by atoms with Crippen molar-refractivity contribution in [1.82, 2.24) is 9.97 Å². The first kappa shape index (κ1) is 20.6. The van der Waals surface area contributed by atoms with E-state index in [0.29, 0.717) is 36.6 Å². The van der Waals surface area contributed by atoms with Gasteiger partial charge in [0.25, 0.3) is 0 Å². The summed E-state index contributed by atoms with van der Waals surface area (Å²) in [6, 6.07) is 2.01. The van der Waals surface area contributed by atoms with Crippen molar-refractivity contribution in [3.05, 3.63) is 11.8 Å². The predicted octanol–water partition coefficient (Wildman–Crippen LogP) is 4.19. The fourth-order valence-corrected chi connectivity index (χ4v) is 7.33. The lowest BCUT2D eigenvalue weighted by molar-refractivity contribution is 0.251. The minimum absolute atomic E-state index is 0.236. The molecule has 1 atom stereocenters. The van der Waals surface area contributed by atoms with Crippen molar-refractivity contribution >= 4 is 28.9 Å². The largest absolute Gasteiger partial charge is 0.478 e. The highest BCUT2D eigenvalue weighted by atomic mass is 32.9. The predicted molar refractivity (Wildman–Crippen MR) is 97.8 cm³/mol. The molecule has 0 aliphatic carbocycles. The molecule has 0 N–H and O–H groups in total. The third-order valence-electron chi connectivity index (χ3n) is 2.30. The quantitative estimate of drug-likeness (QED) is 0.530. The van der Waals surface area contributed by atoms with Crippen LogP contribution in [0.4, 0.5) is 0 Å². The molecule has 6 nitrogen and oxygen atoms in total. The Bertz CT molecular complexity index is 507. The van der Waals surface area contributed by atoms with E-state index in [2.05, 4.69) is 23.8 Å². The van der Waals surface area contributed by atoms with Crippen LogP contribution >= 0.6 is 17.1 Å². The molecule has 0 amide bonds. The Hall–Kier alpha value is -0.400. The van der Waals surface area contributed by atoms with E-state index < -0.39 is 5.69 Å². The molecule has 0 unspecified atom stereocenters. The van der Waals surface area contributed by atoms with Crippen LogP contribution in [0.1, 0.15) is 40.3 Å². The molecule has 132 valence electrons. The third kappa shape index (κ3) is 7.81. The molecule has 0 saturated heterocycles. The number of rotatable bonds is 11. The molecule has 0 aliphatic heterocycles. The summed E-state index contributed by atoms with van der Waals surface area (Å²) in [5.41, 5.74) is -1.74. The highest BCUT2D eigenvalue weighted by Crippen LogP contribution is 2.62. The number of ether oxygens (including phenoxy) is 2. The van der Waals surface area contributed by atoms with Crippen LogP contribution in [-0.4, -0.2) is 35.0 Å². The Morgan fingerprint density at radius 2 is 1.78 bits per heavy atom. The lowest BCUT2D eigenvalue weighted by atomic mass is 10.4. The fraction of sp³-hybridized carbons (Fsp3) is 0.714. The van der Waals surface area contributed by atoms with Gasteiger partial charge in [-0.05, 0) is 32.6 Å². The van der Waals surface area contributed by atoms with Gasteiger partial charge in [0, 0.05) is 11.3 Å². The van der Waals surface area contributed by atoms with Gasteiger partial charge >= 0.3 is 6.01 Å². The lowest BCUT2D eigenvalue weighted by Crippen LogP contribution is -2.05. The minimum atomic E-state index is -2.39. The van der Waals surface area contributed by atoms with Crippen molar-refractivity contribution in [3.8, 4) is 11.9 Å². The molecule has 0 aromatic carbocycles. The second-order valence-electron chi connectivity index (χ2n) is 4.64. The molecule has 0 fully saturated rings. The standard InChI is InChI=1S/C14H25N2O4PS2/c1-6-17-13-9-12(15-14(16-13)18-7-2)10-20-21(22,19-8-3)23-11(4)5/h9,11H,6-8,10H2,1-5H3/t21-/m0/s1. The summed E-state index contributed by atoms with van der Waals surface area (Å²) in [6.45, 7) is 11.6. The Morgan fingerprint density at radius 3 is 2.35 bits per heavy atom. The van der Waals surface area contributed by atoms with Gasteiger partial charge in [0.15, 0.2) is 0 Å². The number of hydrogen-bond acceptors (Lipinski definition) is 8. The van der Waals surface area contributed by atoms with Crippen molar-refractivity contribution in [3.63, 3.8) is 0 Å². The van der Waals surface area contributed by atoms with Crippen molar-refractivity contribution in [2.24, 2.45) is 0 Å². The van der Waals surface area contributed by atoms with Crippen LogP contribution in [0.2, 0.25) is 0 Å². The molecule has 0 spiro atoms. The fourth-order valence-electron chi connectivity index (χ4n) is 1.60. The lowest BCUT2D eigenvalue weighted by Gasteiger charge is -2.22. The number of nitrogens with zero attached hydrogens (tertiary/aromatic N) is 2. The monoisotopic (exact) mass is 380 g/mol. The summed E-state index contributed by atoms with van der Waals surface area (Å²) in [6.07, 6.45) is 0. The molecule has 0 aliphatic rings. The third-order valence-corrected chi connectivity index (χ3v) is 8.08. The average molecular weight is 380 g/mol. The van der Waals surface area contributed by atoms with Gasteiger partial charge in [0.2, 0.25) is 11.6 Å². The summed E-state index contributed by atoms with van der Waals surface area (Å²) in [5, 5.41) is 0.329. The first-order valence-corrected chi connectivity index (χ1v) is 11.8. The van der Waals surface area contributed by atoms with E-state index in [-0.39, 0.29) is 12.6 Å². The second-order valence-corrected chi connectivity index (χ2v) is 11.4. The van der Waals surface area contributed by atoms with Gasteiger partial charge in [-0.15, -0.1) is 0 Å². The zero-order chi connectivity index (χ0) is 17.3. The Balaban J connectivity index is 2.86. The SMILES string of the molecule is CCOc1cc(CO[P@](=S)(OCC)SC(C)C)nc(OCC)n1. The van der Waals surface area contributed by atoms with E-state index in [4.69, 9.17) is 30.3 Å². The van der Waals surface area contributed by atoms with Gasteiger partial charge in [-0.3, -0.25) is 0 Å². The first-order valence-electron chi connectivity index (χ1n) is 7.63. The molecule has 1 rings (SSSR count). The van der Waals surface area contributed by atoms with Gasteiger partial charge in [-0.2, -0.15) is 9.97 Å². The van der Waals surface area contributed by atoms with Gasteiger partial charge in [-0.1, -0.05) is 25.2 Å². The summed E-state index contributed by atoms with van der Waals surface area (Å²) in [7, 11) is 0. The van der Waals surface area contributed by atoms with Crippen LogP contribution in [0.15, 0.2) is 6.07 Å². The van der Waals surface area contributed by atoms with E-state index in [1.165, 1.54) is 0 Å². The van der Waals surface area contributed by atoms with Crippen molar-refractivity contribution in [2.75, 3.05) is 19.8 Å². The molecule has 1 aromatic rings. The highest BCUT2D eigenvalue weighted by Gasteiger charge is 2.22. The molecular weight excluding hydrogens is 355 g/mol. The van der Waals surface area contributed by atoms with Crippen LogP contribution in [-0.2, 0) is 27.5 Å². The van der Waals surface area contributed by atoms with E-state index in [1.807, 2.05) is 20.8 Å². The van der Waals surface area contributed by atoms with Gasteiger partial charge in [0.1, 0.15) is 0 Å². The van der Waals surface area contributed by atoms with Gasteiger partial charge < -0.3 is 18.5 Å². The smallest absolute Gasteiger partial charge is 0.320 e. The van der Waals surface area contributed by atoms with Crippen LogP contribution in [0, 0.1) is 0 Å². The first-order chi connectivity index (χ1) is 10.9. The minimum Gasteiger partial charge on any atom is -0.478 e. The Morgan fingerprint density at radius 1 is 1.09 bits per heavy atom. The van der Waals surface area contributed by atoms with Gasteiger partial charge in [0.05, 0.1) is 32.1 Å². The maximum absolute atomic E-state index is 5.90. The van der Waals surface area contributed by atoms with Crippen molar-refractivity contribution in [1.29, 1.82) is 0 Å². The van der Waals surface area contributed by atoms with Gasteiger partial charge in [-0.25, -0.2) is 0 Å². The summed E-state index contributed by atoms with van der Waals surface area (Å²) in [5.74, 6) is 0.464. The zero-order valence-corrected chi connectivity index (χ0v) is 16.8. The van der Waals surface area contributed by atoms with Crippen LogP contribution in [0.25, 0.3) is 0 Å². The molecular formula is C14H25N2O4PS2. The molecule has 0 bridgehead atoms. The van der Waals surface area contributed by atoms with Crippen LogP contribution in [0.3, 0.4) is 0 Å². The summed E-state index contributed by atoms with van der Waals surface area (Å²) >= 11 is 7.12. The molecule has 9 heteroatoms. The molecule has 23 heavy (non-hydrogen) atoms. The van der Waals surface area contributed by atoms with E-state index in [9.17, 15) is 0 Å². The maximum atomic E-state index is 5.90. The number of aromatic nitrogens is 2.